The predicted octanol–water partition coefficient (Wildman–Crippen LogP) is 4.30. The number of ether oxygens (including phenoxy) is 1. The van der Waals surface area contributed by atoms with Crippen molar-refractivity contribution in [1.82, 2.24) is 0 Å². The van der Waals surface area contributed by atoms with Crippen LogP contribution in [-0.2, 0) is 16.0 Å². The Morgan fingerprint density at radius 2 is 1.68 bits per heavy atom. The van der Waals surface area contributed by atoms with Crippen LogP contribution in [0.2, 0.25) is 0 Å². The molecule has 3 heteroatoms. The molecule has 0 aromatic heterocycles. The van der Waals surface area contributed by atoms with Gasteiger partial charge in [0.25, 0.3) is 0 Å². The number of hydrogen-bond acceptors (Lipinski definition) is 3. The third kappa shape index (κ3) is 3.09. The van der Waals surface area contributed by atoms with E-state index >= 15 is 0 Å². The van der Waals surface area contributed by atoms with Crippen molar-refractivity contribution in [3.8, 4) is 0 Å². The van der Waals surface area contributed by atoms with Crippen LogP contribution in [-0.4, -0.2) is 13.1 Å². The number of hydrogen-bond donors (Lipinski definition) is 1. The first-order chi connectivity index (χ1) is 10.8. The smallest absolute Gasteiger partial charge is 0.309 e. The molecule has 0 saturated heterocycles. The summed E-state index contributed by atoms with van der Waals surface area (Å²) >= 11 is 0. The molecule has 0 atom stereocenters. The Morgan fingerprint density at radius 1 is 0.955 bits per heavy atom. The highest BCUT2D eigenvalue weighted by Gasteiger charge is 2.04. The molecule has 3 aromatic rings. The van der Waals surface area contributed by atoms with Gasteiger partial charge < -0.3 is 10.1 Å². The van der Waals surface area contributed by atoms with Crippen molar-refractivity contribution in [1.29, 1.82) is 0 Å². The Balaban J connectivity index is 1.82. The SMILES string of the molecule is COC(=O)Cc1ccc(Nc2cccc3ccccc23)cc1. The quantitative estimate of drug-likeness (QED) is 0.728. The van der Waals surface area contributed by atoms with E-state index in [1.807, 2.05) is 42.5 Å². The minimum atomic E-state index is -0.227. The standard InChI is InChI=1S/C19H17NO2/c1-22-19(21)13-14-9-11-16(12-10-14)20-18-8-4-6-15-5-2-3-7-17(15)18/h2-12,20H,13H2,1H3. The van der Waals surface area contributed by atoms with Gasteiger partial charge in [-0.3, -0.25) is 4.79 Å². The fraction of sp³-hybridized carbons (Fsp3) is 0.105. The van der Waals surface area contributed by atoms with E-state index in [1.54, 1.807) is 0 Å². The average molecular weight is 291 g/mol. The van der Waals surface area contributed by atoms with Crippen molar-refractivity contribution in [2.45, 2.75) is 6.42 Å². The van der Waals surface area contributed by atoms with Crippen molar-refractivity contribution in [3.63, 3.8) is 0 Å². The van der Waals surface area contributed by atoms with Gasteiger partial charge >= 0.3 is 5.97 Å². The second-order valence-corrected chi connectivity index (χ2v) is 5.10. The van der Waals surface area contributed by atoms with Gasteiger partial charge in [-0.05, 0) is 29.1 Å². The molecule has 3 nitrogen and oxygen atoms in total. The first-order valence-electron chi connectivity index (χ1n) is 7.17. The predicted molar refractivity (Wildman–Crippen MR) is 89.4 cm³/mol. The molecule has 0 unspecified atom stereocenters. The summed E-state index contributed by atoms with van der Waals surface area (Å²) in [4.78, 5) is 11.3. The molecule has 0 spiro atoms. The number of fused-ring (bicyclic) bond motifs is 1. The number of esters is 1. The van der Waals surface area contributed by atoms with E-state index in [1.165, 1.54) is 17.9 Å². The topological polar surface area (TPSA) is 38.3 Å². The van der Waals surface area contributed by atoms with E-state index in [9.17, 15) is 4.79 Å². The van der Waals surface area contributed by atoms with E-state index in [0.29, 0.717) is 6.42 Å². The number of nitrogens with one attached hydrogen (secondary N) is 1. The monoisotopic (exact) mass is 291 g/mol. The van der Waals surface area contributed by atoms with Gasteiger partial charge in [0.05, 0.1) is 13.5 Å². The van der Waals surface area contributed by atoms with Gasteiger partial charge in [-0.1, -0.05) is 48.5 Å². The largest absolute Gasteiger partial charge is 0.469 e. The lowest BCUT2D eigenvalue weighted by Gasteiger charge is -2.10. The fourth-order valence-corrected chi connectivity index (χ4v) is 2.43. The maximum Gasteiger partial charge on any atom is 0.309 e. The lowest BCUT2D eigenvalue weighted by molar-refractivity contribution is -0.139. The van der Waals surface area contributed by atoms with E-state index in [0.717, 1.165) is 16.9 Å². The lowest BCUT2D eigenvalue weighted by atomic mass is 10.1. The van der Waals surface area contributed by atoms with Crippen LogP contribution in [0.3, 0.4) is 0 Å². The molecular weight excluding hydrogens is 274 g/mol. The van der Waals surface area contributed by atoms with Gasteiger partial charge in [0.15, 0.2) is 0 Å². The third-order valence-corrected chi connectivity index (χ3v) is 3.60. The molecule has 3 aromatic carbocycles. The molecule has 110 valence electrons. The molecule has 0 radical (unpaired) electrons. The zero-order chi connectivity index (χ0) is 15.4. The molecule has 0 aliphatic rings. The van der Waals surface area contributed by atoms with Crippen LogP contribution >= 0.6 is 0 Å². The first kappa shape index (κ1) is 14.1. The number of benzene rings is 3. The summed E-state index contributed by atoms with van der Waals surface area (Å²) in [5.41, 5.74) is 3.00. The molecular formula is C19H17NO2. The Kier molecular flexibility index (Phi) is 4.05. The third-order valence-electron chi connectivity index (χ3n) is 3.60. The zero-order valence-corrected chi connectivity index (χ0v) is 12.4. The minimum absolute atomic E-state index is 0.227. The maximum absolute atomic E-state index is 11.3. The zero-order valence-electron chi connectivity index (χ0n) is 12.4. The molecule has 0 heterocycles. The number of carbonyl (C=O) groups excluding carboxylic acids is 1. The van der Waals surface area contributed by atoms with Crippen molar-refractivity contribution in [2.75, 3.05) is 12.4 Å². The second kappa shape index (κ2) is 6.31. The van der Waals surface area contributed by atoms with Crippen molar-refractivity contribution in [3.05, 3.63) is 72.3 Å². The molecule has 0 amide bonds. The van der Waals surface area contributed by atoms with Gasteiger partial charge in [-0.15, -0.1) is 0 Å². The van der Waals surface area contributed by atoms with Gasteiger partial charge in [0.2, 0.25) is 0 Å². The molecule has 0 bridgehead atoms. The summed E-state index contributed by atoms with van der Waals surface area (Å²) in [6.07, 6.45) is 0.297. The van der Waals surface area contributed by atoms with E-state index in [-0.39, 0.29) is 5.97 Å². The fourth-order valence-electron chi connectivity index (χ4n) is 2.43. The molecule has 0 fully saturated rings. The van der Waals surface area contributed by atoms with E-state index in [4.69, 9.17) is 0 Å². The molecule has 3 rings (SSSR count). The van der Waals surface area contributed by atoms with Crippen molar-refractivity contribution < 1.29 is 9.53 Å². The summed E-state index contributed by atoms with van der Waals surface area (Å²) in [6, 6.07) is 22.3. The van der Waals surface area contributed by atoms with Gasteiger partial charge in [0.1, 0.15) is 0 Å². The highest BCUT2D eigenvalue weighted by Crippen LogP contribution is 2.26. The lowest BCUT2D eigenvalue weighted by Crippen LogP contribution is -2.04. The Hall–Kier alpha value is -2.81. The van der Waals surface area contributed by atoms with Crippen LogP contribution in [0.15, 0.2) is 66.7 Å². The summed E-state index contributed by atoms with van der Waals surface area (Å²) in [5.74, 6) is -0.227. The summed E-state index contributed by atoms with van der Waals surface area (Å²) in [7, 11) is 1.40. The summed E-state index contributed by atoms with van der Waals surface area (Å²) < 4.78 is 4.67. The van der Waals surface area contributed by atoms with Crippen molar-refractivity contribution >= 4 is 28.1 Å². The Bertz CT molecular complexity index is 789. The average Bonchev–Trinajstić information content (AvgIpc) is 2.57. The highest BCUT2D eigenvalue weighted by atomic mass is 16.5. The van der Waals surface area contributed by atoms with E-state index in [2.05, 4.69) is 34.3 Å². The van der Waals surface area contributed by atoms with Crippen LogP contribution in [0.5, 0.6) is 0 Å². The minimum Gasteiger partial charge on any atom is -0.469 e. The molecule has 0 aliphatic carbocycles. The van der Waals surface area contributed by atoms with Crippen LogP contribution in [0.1, 0.15) is 5.56 Å². The Morgan fingerprint density at radius 3 is 2.45 bits per heavy atom. The summed E-state index contributed by atoms with van der Waals surface area (Å²) in [6.45, 7) is 0. The van der Waals surface area contributed by atoms with Crippen LogP contribution in [0, 0.1) is 0 Å². The first-order valence-corrected chi connectivity index (χ1v) is 7.17. The number of anilines is 2. The number of carbonyl (C=O) groups is 1. The summed E-state index contributed by atoms with van der Waals surface area (Å²) in [5, 5.41) is 5.81. The van der Waals surface area contributed by atoms with Crippen LogP contribution in [0.25, 0.3) is 10.8 Å². The number of methoxy groups -OCH3 is 1. The van der Waals surface area contributed by atoms with E-state index < -0.39 is 0 Å². The highest BCUT2D eigenvalue weighted by molar-refractivity contribution is 5.95. The van der Waals surface area contributed by atoms with Gasteiger partial charge in [-0.25, -0.2) is 0 Å². The second-order valence-electron chi connectivity index (χ2n) is 5.10. The van der Waals surface area contributed by atoms with Crippen LogP contribution < -0.4 is 5.32 Å². The van der Waals surface area contributed by atoms with Crippen LogP contribution in [0.4, 0.5) is 11.4 Å². The maximum atomic E-state index is 11.3. The van der Waals surface area contributed by atoms with Gasteiger partial charge in [0, 0.05) is 16.8 Å². The molecule has 0 aliphatic heterocycles. The molecule has 0 saturated carbocycles. The normalized spacial score (nSPS) is 10.4. The van der Waals surface area contributed by atoms with Gasteiger partial charge in [-0.2, -0.15) is 0 Å². The number of rotatable bonds is 4. The Labute approximate surface area is 129 Å². The molecule has 22 heavy (non-hydrogen) atoms. The van der Waals surface area contributed by atoms with Crippen molar-refractivity contribution in [2.24, 2.45) is 0 Å². The molecule has 1 N–H and O–H groups in total.